The summed E-state index contributed by atoms with van der Waals surface area (Å²) in [6.07, 6.45) is -2.96. The number of anilines is 2. The number of carbonyl (C=O) groups is 1. The smallest absolute Gasteiger partial charge is 0.399 e. The van der Waals surface area contributed by atoms with Crippen molar-refractivity contribution in [3.8, 4) is 0 Å². The van der Waals surface area contributed by atoms with Crippen LogP contribution in [0.4, 0.5) is 24.5 Å². The third-order valence-electron chi connectivity index (χ3n) is 4.12. The van der Waals surface area contributed by atoms with Crippen molar-refractivity contribution in [2.45, 2.75) is 24.4 Å². The van der Waals surface area contributed by atoms with Gasteiger partial charge in [0.25, 0.3) is 0 Å². The zero-order chi connectivity index (χ0) is 16.7. The lowest BCUT2D eigenvalue weighted by atomic mass is 9.94. The summed E-state index contributed by atoms with van der Waals surface area (Å²) < 4.78 is 37.6. The van der Waals surface area contributed by atoms with Crippen LogP contribution in [0.1, 0.15) is 24.0 Å². The first kappa shape index (κ1) is 15.4. The van der Waals surface area contributed by atoms with E-state index in [-0.39, 0.29) is 5.91 Å². The van der Waals surface area contributed by atoms with E-state index < -0.39 is 17.2 Å². The van der Waals surface area contributed by atoms with E-state index in [9.17, 15) is 18.0 Å². The van der Waals surface area contributed by atoms with Gasteiger partial charge < -0.3 is 11.1 Å². The fourth-order valence-electron chi connectivity index (χ4n) is 2.57. The largest absolute Gasteiger partial charge is 0.416 e. The summed E-state index contributed by atoms with van der Waals surface area (Å²) >= 11 is 0. The summed E-state index contributed by atoms with van der Waals surface area (Å²) in [4.78, 5) is 12.5. The number of nitrogens with two attached hydrogens (primary N) is 1. The van der Waals surface area contributed by atoms with Crippen molar-refractivity contribution in [3.05, 3.63) is 59.7 Å². The van der Waals surface area contributed by atoms with Crippen LogP contribution in [0.5, 0.6) is 0 Å². The minimum absolute atomic E-state index is 0.206. The molecule has 1 aliphatic rings. The molecule has 0 unspecified atom stereocenters. The van der Waals surface area contributed by atoms with Crippen LogP contribution < -0.4 is 11.1 Å². The van der Waals surface area contributed by atoms with Crippen molar-refractivity contribution >= 4 is 17.3 Å². The second-order valence-electron chi connectivity index (χ2n) is 5.73. The summed E-state index contributed by atoms with van der Waals surface area (Å²) in [5.74, 6) is -0.206. The molecule has 0 aromatic heterocycles. The van der Waals surface area contributed by atoms with Crippen molar-refractivity contribution in [2.24, 2.45) is 0 Å². The van der Waals surface area contributed by atoms with Crippen LogP contribution in [0.2, 0.25) is 0 Å². The van der Waals surface area contributed by atoms with Gasteiger partial charge in [0.1, 0.15) is 0 Å². The van der Waals surface area contributed by atoms with Crippen LogP contribution in [-0.2, 0) is 16.4 Å². The van der Waals surface area contributed by atoms with E-state index in [1.54, 1.807) is 12.1 Å². The standard InChI is InChI=1S/C17H15F3N2O/c18-17(19,20)12-3-7-14(8-4-12)22-15(23)16(9-10-16)11-1-5-13(21)6-2-11/h1-8H,9-10,21H2,(H,22,23). The number of halogens is 3. The van der Waals surface area contributed by atoms with Crippen molar-refractivity contribution in [3.63, 3.8) is 0 Å². The Morgan fingerprint density at radius 1 is 1.00 bits per heavy atom. The molecule has 1 fully saturated rings. The molecule has 1 amide bonds. The quantitative estimate of drug-likeness (QED) is 0.841. The maximum Gasteiger partial charge on any atom is 0.416 e. The Labute approximate surface area is 131 Å². The number of carbonyl (C=O) groups excluding carboxylic acids is 1. The number of amides is 1. The van der Waals surface area contributed by atoms with Gasteiger partial charge in [0, 0.05) is 11.4 Å². The zero-order valence-electron chi connectivity index (χ0n) is 12.2. The highest BCUT2D eigenvalue weighted by Crippen LogP contribution is 2.49. The maximum atomic E-state index is 12.5. The first-order valence-corrected chi connectivity index (χ1v) is 7.16. The highest BCUT2D eigenvalue weighted by Gasteiger charge is 2.51. The average molecular weight is 320 g/mol. The highest BCUT2D eigenvalue weighted by atomic mass is 19.4. The number of hydrogen-bond acceptors (Lipinski definition) is 2. The lowest BCUT2D eigenvalue weighted by Crippen LogP contribution is -2.27. The van der Waals surface area contributed by atoms with E-state index in [0.717, 1.165) is 17.7 Å². The van der Waals surface area contributed by atoms with Crippen LogP contribution in [0.25, 0.3) is 0 Å². The molecule has 2 aromatic carbocycles. The molecule has 0 saturated heterocycles. The van der Waals surface area contributed by atoms with E-state index >= 15 is 0 Å². The monoisotopic (exact) mass is 320 g/mol. The SMILES string of the molecule is Nc1ccc(C2(C(=O)Nc3ccc(C(F)(F)F)cc3)CC2)cc1. The van der Waals surface area contributed by atoms with Gasteiger partial charge in [-0.2, -0.15) is 13.2 Å². The topological polar surface area (TPSA) is 55.1 Å². The summed E-state index contributed by atoms with van der Waals surface area (Å²) in [7, 11) is 0. The van der Waals surface area contributed by atoms with Crippen LogP contribution >= 0.6 is 0 Å². The first-order valence-electron chi connectivity index (χ1n) is 7.16. The Morgan fingerprint density at radius 2 is 1.57 bits per heavy atom. The average Bonchev–Trinajstić information content (AvgIpc) is 3.29. The molecular formula is C17H15F3N2O. The summed E-state index contributed by atoms with van der Waals surface area (Å²) in [5.41, 5.74) is 6.15. The lowest BCUT2D eigenvalue weighted by molar-refractivity contribution is -0.137. The molecule has 1 aliphatic carbocycles. The normalized spacial score (nSPS) is 16.0. The molecule has 3 N–H and O–H groups in total. The van der Waals surface area contributed by atoms with E-state index in [2.05, 4.69) is 5.32 Å². The first-order chi connectivity index (χ1) is 10.8. The Bertz CT molecular complexity index is 717. The second kappa shape index (κ2) is 5.30. The maximum absolute atomic E-state index is 12.5. The lowest BCUT2D eigenvalue weighted by Gasteiger charge is -2.16. The zero-order valence-corrected chi connectivity index (χ0v) is 12.2. The molecular weight excluding hydrogens is 305 g/mol. The van der Waals surface area contributed by atoms with Gasteiger partial charge in [-0.25, -0.2) is 0 Å². The molecule has 0 aliphatic heterocycles. The minimum atomic E-state index is -4.38. The van der Waals surface area contributed by atoms with Crippen LogP contribution in [0, 0.1) is 0 Å². The van der Waals surface area contributed by atoms with Gasteiger partial charge in [0.05, 0.1) is 11.0 Å². The number of nitrogen functional groups attached to an aromatic ring is 1. The molecule has 120 valence electrons. The summed E-state index contributed by atoms with van der Waals surface area (Å²) in [5, 5.41) is 2.70. The van der Waals surface area contributed by atoms with Gasteiger partial charge >= 0.3 is 6.18 Å². The van der Waals surface area contributed by atoms with Crippen molar-refractivity contribution in [1.29, 1.82) is 0 Å². The number of benzene rings is 2. The Kier molecular flexibility index (Phi) is 3.55. The molecule has 0 radical (unpaired) electrons. The van der Waals surface area contributed by atoms with E-state index in [1.807, 2.05) is 12.1 Å². The van der Waals surface area contributed by atoms with Crippen molar-refractivity contribution < 1.29 is 18.0 Å². The molecule has 1 saturated carbocycles. The summed E-state index contributed by atoms with van der Waals surface area (Å²) in [6.45, 7) is 0. The molecule has 3 rings (SSSR count). The van der Waals surface area contributed by atoms with Crippen LogP contribution in [0.15, 0.2) is 48.5 Å². The molecule has 0 bridgehead atoms. The predicted octanol–water partition coefficient (Wildman–Crippen LogP) is 3.96. The highest BCUT2D eigenvalue weighted by molar-refractivity contribution is 6.01. The molecule has 6 heteroatoms. The number of nitrogens with one attached hydrogen (secondary N) is 1. The number of rotatable bonds is 3. The van der Waals surface area contributed by atoms with E-state index in [4.69, 9.17) is 5.73 Å². The molecule has 2 aromatic rings. The predicted molar refractivity (Wildman–Crippen MR) is 81.8 cm³/mol. The fourth-order valence-corrected chi connectivity index (χ4v) is 2.57. The van der Waals surface area contributed by atoms with Crippen LogP contribution in [-0.4, -0.2) is 5.91 Å². The minimum Gasteiger partial charge on any atom is -0.399 e. The third kappa shape index (κ3) is 3.02. The van der Waals surface area contributed by atoms with Crippen molar-refractivity contribution in [1.82, 2.24) is 0 Å². The fraction of sp³-hybridized carbons (Fsp3) is 0.235. The molecule has 0 atom stereocenters. The Morgan fingerprint density at radius 3 is 2.04 bits per heavy atom. The van der Waals surface area contributed by atoms with Crippen LogP contribution in [0.3, 0.4) is 0 Å². The molecule has 0 spiro atoms. The molecule has 0 heterocycles. The van der Waals surface area contributed by atoms with Gasteiger partial charge in [0.15, 0.2) is 0 Å². The van der Waals surface area contributed by atoms with Gasteiger partial charge in [0.2, 0.25) is 5.91 Å². The third-order valence-corrected chi connectivity index (χ3v) is 4.12. The molecule has 3 nitrogen and oxygen atoms in total. The molecule has 23 heavy (non-hydrogen) atoms. The van der Waals surface area contributed by atoms with Gasteiger partial charge in [-0.05, 0) is 54.8 Å². The van der Waals surface area contributed by atoms with Gasteiger partial charge in [-0.15, -0.1) is 0 Å². The van der Waals surface area contributed by atoms with Gasteiger partial charge in [-0.3, -0.25) is 4.79 Å². The van der Waals surface area contributed by atoms with Gasteiger partial charge in [-0.1, -0.05) is 12.1 Å². The number of alkyl halides is 3. The second-order valence-corrected chi connectivity index (χ2v) is 5.73. The number of hydrogen-bond donors (Lipinski definition) is 2. The Balaban J connectivity index is 1.75. The van der Waals surface area contributed by atoms with E-state index in [0.29, 0.717) is 24.2 Å². The summed E-state index contributed by atoms with van der Waals surface area (Å²) in [6, 6.07) is 11.5. The Hall–Kier alpha value is -2.50. The van der Waals surface area contributed by atoms with Crippen molar-refractivity contribution in [2.75, 3.05) is 11.1 Å². The van der Waals surface area contributed by atoms with E-state index in [1.165, 1.54) is 12.1 Å².